The van der Waals surface area contributed by atoms with Crippen LogP contribution >= 0.6 is 0 Å². The Hall–Kier alpha value is -0.860. The van der Waals surface area contributed by atoms with Crippen LogP contribution in [0.15, 0.2) is 24.3 Å². The highest BCUT2D eigenvalue weighted by atomic mass is 15.2. The fourth-order valence-corrected chi connectivity index (χ4v) is 4.07. The summed E-state index contributed by atoms with van der Waals surface area (Å²) in [6, 6.07) is 8.99. The van der Waals surface area contributed by atoms with Gasteiger partial charge in [0.25, 0.3) is 0 Å². The third-order valence-electron chi connectivity index (χ3n) is 5.10. The van der Waals surface area contributed by atoms with Gasteiger partial charge in [-0.05, 0) is 56.3 Å². The molecule has 1 saturated heterocycles. The number of nitrogens with zero attached hydrogens (tertiary/aromatic N) is 1. The number of benzene rings is 1. The number of hydrogen-bond donors (Lipinski definition) is 1. The minimum atomic E-state index is 0.124. The van der Waals surface area contributed by atoms with Crippen LogP contribution in [0.4, 0.5) is 0 Å². The predicted octanol–water partition coefficient (Wildman–Crippen LogP) is 3.05. The van der Waals surface area contributed by atoms with Gasteiger partial charge in [-0.1, -0.05) is 37.1 Å². The van der Waals surface area contributed by atoms with E-state index in [1.807, 2.05) is 0 Å². The molecule has 2 N–H and O–H groups in total. The summed E-state index contributed by atoms with van der Waals surface area (Å²) in [6.45, 7) is 3.22. The lowest BCUT2D eigenvalue weighted by Gasteiger charge is -2.47. The molecule has 19 heavy (non-hydrogen) atoms. The van der Waals surface area contributed by atoms with Gasteiger partial charge >= 0.3 is 0 Å². The molecule has 1 aliphatic carbocycles. The zero-order chi connectivity index (χ0) is 13.1. The Morgan fingerprint density at radius 1 is 1.00 bits per heavy atom. The van der Waals surface area contributed by atoms with E-state index in [2.05, 4.69) is 29.2 Å². The number of likely N-dealkylation sites (tertiary alicyclic amines) is 1. The standard InChI is InChI=1S/C17H26N2/c18-14-17(19-12-5-1-2-6-13-19)11-7-9-15-8-3-4-10-16(15)17/h3-4,8,10H,1-2,5-7,9,11-14,18H2. The molecule has 2 aliphatic rings. The van der Waals surface area contributed by atoms with Crippen LogP contribution < -0.4 is 5.73 Å². The van der Waals surface area contributed by atoms with Crippen molar-refractivity contribution in [3.63, 3.8) is 0 Å². The predicted molar refractivity (Wildman–Crippen MR) is 80.2 cm³/mol. The van der Waals surface area contributed by atoms with E-state index in [0.717, 1.165) is 6.54 Å². The van der Waals surface area contributed by atoms with Crippen LogP contribution in [0.2, 0.25) is 0 Å². The SMILES string of the molecule is NCC1(N2CCCCCC2)CCCc2ccccc21. The molecule has 1 aromatic rings. The summed E-state index contributed by atoms with van der Waals surface area (Å²) in [4.78, 5) is 2.71. The van der Waals surface area contributed by atoms with Crippen LogP contribution in [-0.4, -0.2) is 24.5 Å². The van der Waals surface area contributed by atoms with Crippen molar-refractivity contribution in [2.45, 2.75) is 50.5 Å². The molecular formula is C17H26N2. The molecule has 1 unspecified atom stereocenters. The first-order chi connectivity index (χ1) is 9.37. The van der Waals surface area contributed by atoms with Crippen LogP contribution in [0.1, 0.15) is 49.7 Å². The molecule has 1 fully saturated rings. The van der Waals surface area contributed by atoms with Crippen LogP contribution in [0.5, 0.6) is 0 Å². The molecule has 1 heterocycles. The molecule has 3 rings (SSSR count). The van der Waals surface area contributed by atoms with Gasteiger partial charge in [0.1, 0.15) is 0 Å². The van der Waals surface area contributed by atoms with Crippen LogP contribution in [0.3, 0.4) is 0 Å². The molecule has 0 bridgehead atoms. The van der Waals surface area contributed by atoms with E-state index in [9.17, 15) is 0 Å². The Morgan fingerprint density at radius 2 is 1.74 bits per heavy atom. The van der Waals surface area contributed by atoms with Gasteiger partial charge in [0.15, 0.2) is 0 Å². The lowest BCUT2D eigenvalue weighted by Crippen LogP contribution is -2.53. The number of rotatable bonds is 2. The van der Waals surface area contributed by atoms with Crippen LogP contribution in [-0.2, 0) is 12.0 Å². The average Bonchev–Trinajstić information content (AvgIpc) is 2.76. The van der Waals surface area contributed by atoms with Gasteiger partial charge in [-0.25, -0.2) is 0 Å². The van der Waals surface area contributed by atoms with E-state index in [0.29, 0.717) is 0 Å². The summed E-state index contributed by atoms with van der Waals surface area (Å²) in [5, 5.41) is 0. The highest BCUT2D eigenvalue weighted by Crippen LogP contribution is 2.40. The fourth-order valence-electron chi connectivity index (χ4n) is 4.07. The normalized spacial score (nSPS) is 28.7. The van der Waals surface area contributed by atoms with E-state index in [4.69, 9.17) is 5.73 Å². The first-order valence-corrected chi connectivity index (χ1v) is 7.90. The molecule has 1 atom stereocenters. The summed E-state index contributed by atoms with van der Waals surface area (Å²) in [7, 11) is 0. The van der Waals surface area contributed by atoms with Gasteiger partial charge in [-0.3, -0.25) is 4.90 Å². The lowest BCUT2D eigenvalue weighted by atomic mass is 9.75. The first-order valence-electron chi connectivity index (χ1n) is 7.90. The topological polar surface area (TPSA) is 29.3 Å². The van der Waals surface area contributed by atoms with Crippen molar-refractivity contribution in [1.82, 2.24) is 4.90 Å². The van der Waals surface area contributed by atoms with E-state index in [1.165, 1.54) is 69.2 Å². The van der Waals surface area contributed by atoms with Gasteiger partial charge in [0.05, 0.1) is 5.54 Å². The maximum atomic E-state index is 6.29. The van der Waals surface area contributed by atoms with Crippen molar-refractivity contribution >= 4 is 0 Å². The fraction of sp³-hybridized carbons (Fsp3) is 0.647. The van der Waals surface area contributed by atoms with Gasteiger partial charge < -0.3 is 5.73 Å². The second kappa shape index (κ2) is 5.64. The molecule has 0 aromatic heterocycles. The zero-order valence-corrected chi connectivity index (χ0v) is 11.9. The molecule has 2 nitrogen and oxygen atoms in total. The van der Waals surface area contributed by atoms with Crippen molar-refractivity contribution in [1.29, 1.82) is 0 Å². The Labute approximate surface area is 117 Å². The number of hydrogen-bond acceptors (Lipinski definition) is 2. The maximum Gasteiger partial charge on any atom is 0.0586 e. The van der Waals surface area contributed by atoms with E-state index in [-0.39, 0.29) is 5.54 Å². The Morgan fingerprint density at radius 3 is 2.47 bits per heavy atom. The van der Waals surface area contributed by atoms with Crippen molar-refractivity contribution in [2.75, 3.05) is 19.6 Å². The van der Waals surface area contributed by atoms with Crippen molar-refractivity contribution in [3.05, 3.63) is 35.4 Å². The minimum Gasteiger partial charge on any atom is -0.328 e. The third kappa shape index (κ3) is 2.32. The molecule has 104 valence electrons. The molecule has 1 aliphatic heterocycles. The summed E-state index contributed by atoms with van der Waals surface area (Å²) >= 11 is 0. The number of nitrogens with two attached hydrogens (primary N) is 1. The Balaban J connectivity index is 1.98. The monoisotopic (exact) mass is 258 g/mol. The second-order valence-electron chi connectivity index (χ2n) is 6.15. The molecular weight excluding hydrogens is 232 g/mol. The third-order valence-corrected chi connectivity index (χ3v) is 5.10. The second-order valence-corrected chi connectivity index (χ2v) is 6.15. The lowest BCUT2D eigenvalue weighted by molar-refractivity contribution is 0.0777. The highest BCUT2D eigenvalue weighted by Gasteiger charge is 2.40. The molecule has 0 radical (unpaired) electrons. The quantitative estimate of drug-likeness (QED) is 0.883. The summed E-state index contributed by atoms with van der Waals surface area (Å²) < 4.78 is 0. The van der Waals surface area contributed by atoms with Gasteiger partial charge in [0, 0.05) is 6.54 Å². The zero-order valence-electron chi connectivity index (χ0n) is 11.9. The van der Waals surface area contributed by atoms with Crippen LogP contribution in [0.25, 0.3) is 0 Å². The molecule has 1 aromatic carbocycles. The smallest absolute Gasteiger partial charge is 0.0586 e. The summed E-state index contributed by atoms with van der Waals surface area (Å²) in [6.07, 6.45) is 9.20. The maximum absolute atomic E-state index is 6.29. The number of fused-ring (bicyclic) bond motifs is 1. The highest BCUT2D eigenvalue weighted by molar-refractivity contribution is 5.36. The van der Waals surface area contributed by atoms with E-state index < -0.39 is 0 Å². The summed E-state index contributed by atoms with van der Waals surface area (Å²) in [5.74, 6) is 0. The van der Waals surface area contributed by atoms with Crippen molar-refractivity contribution in [2.24, 2.45) is 5.73 Å². The van der Waals surface area contributed by atoms with E-state index in [1.54, 1.807) is 0 Å². The molecule has 0 saturated carbocycles. The van der Waals surface area contributed by atoms with Crippen molar-refractivity contribution in [3.8, 4) is 0 Å². The molecule has 0 spiro atoms. The Kier molecular flexibility index (Phi) is 3.90. The molecule has 2 heteroatoms. The first kappa shape index (κ1) is 13.1. The largest absolute Gasteiger partial charge is 0.328 e. The van der Waals surface area contributed by atoms with Gasteiger partial charge in [0.2, 0.25) is 0 Å². The van der Waals surface area contributed by atoms with Crippen molar-refractivity contribution < 1.29 is 0 Å². The van der Waals surface area contributed by atoms with Crippen LogP contribution in [0, 0.1) is 0 Å². The Bertz CT molecular complexity index is 421. The van der Waals surface area contributed by atoms with E-state index >= 15 is 0 Å². The van der Waals surface area contributed by atoms with Gasteiger partial charge in [-0.15, -0.1) is 0 Å². The van der Waals surface area contributed by atoms with Gasteiger partial charge in [-0.2, -0.15) is 0 Å². The molecule has 0 amide bonds. The average molecular weight is 258 g/mol. The number of aryl methyl sites for hydroxylation is 1. The minimum absolute atomic E-state index is 0.124. The summed E-state index contributed by atoms with van der Waals surface area (Å²) in [5.41, 5.74) is 9.47.